The van der Waals surface area contributed by atoms with Crippen LogP contribution in [0.25, 0.3) is 0 Å². The number of esters is 1. The first-order valence-corrected chi connectivity index (χ1v) is 3.25. The maximum Gasteiger partial charge on any atom is 0.338 e. The third kappa shape index (κ3) is 3.01. The standard InChI is InChI=1S/C7H12N2O2/c1-7(2,3)5(9)6(10)11-4-8/h5H,9H2,1-3H3. The first-order valence-electron chi connectivity index (χ1n) is 3.25. The van der Waals surface area contributed by atoms with E-state index in [4.69, 9.17) is 11.0 Å². The van der Waals surface area contributed by atoms with Gasteiger partial charge in [0.1, 0.15) is 6.04 Å². The van der Waals surface area contributed by atoms with Gasteiger partial charge in [0.05, 0.1) is 0 Å². The Hall–Kier alpha value is -1.08. The number of carbonyl (C=O) groups is 1. The van der Waals surface area contributed by atoms with E-state index in [1.165, 1.54) is 6.26 Å². The summed E-state index contributed by atoms with van der Waals surface area (Å²) in [7, 11) is 0. The zero-order chi connectivity index (χ0) is 9.07. The highest BCUT2D eigenvalue weighted by molar-refractivity contribution is 5.77. The molecule has 0 rings (SSSR count). The molecular weight excluding hydrogens is 144 g/mol. The number of hydrogen-bond acceptors (Lipinski definition) is 4. The van der Waals surface area contributed by atoms with E-state index in [0.29, 0.717) is 0 Å². The van der Waals surface area contributed by atoms with Crippen LogP contribution in [0.4, 0.5) is 0 Å². The molecule has 0 saturated carbocycles. The summed E-state index contributed by atoms with van der Waals surface area (Å²) in [5.74, 6) is -0.681. The molecule has 0 heterocycles. The van der Waals surface area contributed by atoms with Gasteiger partial charge in [-0.2, -0.15) is 0 Å². The van der Waals surface area contributed by atoms with Gasteiger partial charge in [-0.1, -0.05) is 20.8 Å². The van der Waals surface area contributed by atoms with E-state index < -0.39 is 12.0 Å². The van der Waals surface area contributed by atoms with E-state index >= 15 is 0 Å². The Morgan fingerprint density at radius 3 is 2.36 bits per heavy atom. The fourth-order valence-electron chi connectivity index (χ4n) is 0.462. The number of nitriles is 1. The fourth-order valence-corrected chi connectivity index (χ4v) is 0.462. The number of nitrogens with two attached hydrogens (primary N) is 1. The highest BCUT2D eigenvalue weighted by atomic mass is 16.5. The summed E-state index contributed by atoms with van der Waals surface area (Å²) in [6.45, 7) is 5.41. The zero-order valence-corrected chi connectivity index (χ0v) is 6.92. The zero-order valence-electron chi connectivity index (χ0n) is 6.92. The summed E-state index contributed by atoms with van der Waals surface area (Å²) in [5.41, 5.74) is 5.09. The lowest BCUT2D eigenvalue weighted by Gasteiger charge is -2.23. The molecule has 0 aromatic rings. The number of rotatable bonds is 1. The third-order valence-electron chi connectivity index (χ3n) is 1.33. The quantitative estimate of drug-likeness (QED) is 0.440. The minimum atomic E-state index is -0.748. The fraction of sp³-hybridized carbons (Fsp3) is 0.714. The summed E-state index contributed by atoms with van der Waals surface area (Å²) < 4.78 is 4.07. The molecular formula is C7H12N2O2. The maximum atomic E-state index is 10.8. The van der Waals surface area contributed by atoms with Crippen molar-refractivity contribution in [3.05, 3.63) is 0 Å². The first-order chi connectivity index (χ1) is 4.89. The van der Waals surface area contributed by atoms with Crippen molar-refractivity contribution in [2.24, 2.45) is 11.1 Å². The molecule has 11 heavy (non-hydrogen) atoms. The van der Waals surface area contributed by atoms with E-state index in [1.807, 2.05) is 0 Å². The highest BCUT2D eigenvalue weighted by Crippen LogP contribution is 2.17. The van der Waals surface area contributed by atoms with Crippen LogP contribution in [0.5, 0.6) is 0 Å². The second-order valence-corrected chi connectivity index (χ2v) is 3.36. The smallest absolute Gasteiger partial charge is 0.338 e. The van der Waals surface area contributed by atoms with E-state index in [1.54, 1.807) is 20.8 Å². The minimum absolute atomic E-state index is 0.367. The Bertz CT molecular complexity index is 188. The number of ether oxygens (including phenoxy) is 1. The predicted octanol–water partition coefficient (Wildman–Crippen LogP) is 0.384. The maximum absolute atomic E-state index is 10.8. The molecule has 0 spiro atoms. The van der Waals surface area contributed by atoms with Crippen molar-refractivity contribution in [3.63, 3.8) is 0 Å². The topological polar surface area (TPSA) is 76.1 Å². The summed E-state index contributed by atoms with van der Waals surface area (Å²) in [6.07, 6.45) is 1.29. The largest absolute Gasteiger partial charge is 0.350 e. The molecule has 0 radical (unpaired) electrons. The first kappa shape index (κ1) is 9.92. The lowest BCUT2D eigenvalue weighted by atomic mass is 9.88. The van der Waals surface area contributed by atoms with Gasteiger partial charge in [-0.15, -0.1) is 5.26 Å². The molecule has 0 aliphatic rings. The van der Waals surface area contributed by atoms with Crippen LogP contribution in [-0.2, 0) is 9.53 Å². The summed E-state index contributed by atoms with van der Waals surface area (Å²) in [4.78, 5) is 10.8. The second kappa shape index (κ2) is 3.35. The van der Waals surface area contributed by atoms with Crippen molar-refractivity contribution >= 4 is 5.97 Å². The van der Waals surface area contributed by atoms with E-state index in [0.717, 1.165) is 0 Å². The van der Waals surface area contributed by atoms with Gasteiger partial charge in [-0.25, -0.2) is 4.79 Å². The number of nitrogens with zero attached hydrogens (tertiary/aromatic N) is 1. The van der Waals surface area contributed by atoms with Crippen molar-refractivity contribution in [1.82, 2.24) is 0 Å². The Kier molecular flexibility index (Phi) is 3.02. The van der Waals surface area contributed by atoms with E-state index in [-0.39, 0.29) is 5.41 Å². The van der Waals surface area contributed by atoms with Gasteiger partial charge in [0, 0.05) is 0 Å². The number of hydrogen-bond donors (Lipinski definition) is 1. The second-order valence-electron chi connectivity index (χ2n) is 3.36. The predicted molar refractivity (Wildman–Crippen MR) is 39.1 cm³/mol. The molecule has 62 valence electrons. The van der Waals surface area contributed by atoms with Gasteiger partial charge in [0.25, 0.3) is 6.26 Å². The van der Waals surface area contributed by atoms with Crippen LogP contribution in [0.3, 0.4) is 0 Å². The Balaban J connectivity index is 4.17. The monoisotopic (exact) mass is 156 g/mol. The van der Waals surface area contributed by atoms with Crippen molar-refractivity contribution in [3.8, 4) is 6.26 Å². The van der Waals surface area contributed by atoms with Crippen LogP contribution in [0, 0.1) is 16.9 Å². The lowest BCUT2D eigenvalue weighted by Crippen LogP contribution is -2.42. The molecule has 1 atom stereocenters. The molecule has 0 bridgehead atoms. The molecule has 2 N–H and O–H groups in total. The molecule has 0 fully saturated rings. The summed E-state index contributed by atoms with van der Waals surface area (Å²) in [5, 5.41) is 8.00. The normalized spacial score (nSPS) is 13.4. The van der Waals surface area contributed by atoms with Crippen molar-refractivity contribution in [1.29, 1.82) is 5.26 Å². The third-order valence-corrected chi connectivity index (χ3v) is 1.33. The van der Waals surface area contributed by atoms with Crippen LogP contribution in [-0.4, -0.2) is 12.0 Å². The SMILES string of the molecule is CC(C)(C)C(N)C(=O)OC#N. The molecule has 0 aliphatic heterocycles. The van der Waals surface area contributed by atoms with Crippen LogP contribution in [0.2, 0.25) is 0 Å². The summed E-state index contributed by atoms with van der Waals surface area (Å²) >= 11 is 0. The molecule has 1 unspecified atom stereocenters. The van der Waals surface area contributed by atoms with Gasteiger partial charge >= 0.3 is 5.97 Å². The van der Waals surface area contributed by atoms with Crippen molar-refractivity contribution < 1.29 is 9.53 Å². The molecule has 0 aromatic heterocycles. The van der Waals surface area contributed by atoms with Crippen molar-refractivity contribution in [2.45, 2.75) is 26.8 Å². The van der Waals surface area contributed by atoms with Gasteiger partial charge in [0.2, 0.25) is 0 Å². The van der Waals surface area contributed by atoms with Crippen LogP contribution in [0.15, 0.2) is 0 Å². The Morgan fingerprint density at radius 1 is 1.64 bits per heavy atom. The van der Waals surface area contributed by atoms with Crippen LogP contribution in [0.1, 0.15) is 20.8 Å². The molecule has 0 amide bonds. The molecule has 0 aromatic carbocycles. The van der Waals surface area contributed by atoms with Gasteiger partial charge in [0.15, 0.2) is 0 Å². The molecule has 4 heteroatoms. The summed E-state index contributed by atoms with van der Waals surface area (Å²) in [6, 6.07) is -0.748. The molecule has 0 aliphatic carbocycles. The minimum Gasteiger partial charge on any atom is -0.350 e. The van der Waals surface area contributed by atoms with Crippen LogP contribution < -0.4 is 5.73 Å². The van der Waals surface area contributed by atoms with Gasteiger partial charge in [-0.3, -0.25) is 0 Å². The van der Waals surface area contributed by atoms with E-state index in [9.17, 15) is 4.79 Å². The van der Waals surface area contributed by atoms with Gasteiger partial charge in [-0.05, 0) is 5.41 Å². The Labute approximate surface area is 65.9 Å². The average molecular weight is 156 g/mol. The average Bonchev–Trinajstić information content (AvgIpc) is 1.85. The van der Waals surface area contributed by atoms with Gasteiger partial charge < -0.3 is 10.5 Å². The Morgan fingerprint density at radius 2 is 2.09 bits per heavy atom. The van der Waals surface area contributed by atoms with Crippen LogP contribution >= 0.6 is 0 Å². The molecule has 0 saturated heterocycles. The highest BCUT2D eigenvalue weighted by Gasteiger charge is 2.28. The lowest BCUT2D eigenvalue weighted by molar-refractivity contribution is -0.141. The van der Waals surface area contributed by atoms with E-state index in [2.05, 4.69) is 4.74 Å². The number of carbonyl (C=O) groups excluding carboxylic acids is 1. The molecule has 4 nitrogen and oxygen atoms in total. The van der Waals surface area contributed by atoms with Crippen molar-refractivity contribution in [2.75, 3.05) is 0 Å².